The van der Waals surface area contributed by atoms with E-state index in [0.717, 1.165) is 45.7 Å². The van der Waals surface area contributed by atoms with Crippen LogP contribution in [0.4, 0.5) is 4.39 Å². The van der Waals surface area contributed by atoms with Crippen molar-refractivity contribution in [1.82, 2.24) is 15.1 Å². The van der Waals surface area contributed by atoms with Crippen LogP contribution in [0.5, 0.6) is 5.75 Å². The van der Waals surface area contributed by atoms with Crippen molar-refractivity contribution in [3.63, 3.8) is 0 Å². The van der Waals surface area contributed by atoms with Crippen LogP contribution in [0.2, 0.25) is 0 Å². The number of amides is 1. The van der Waals surface area contributed by atoms with Crippen LogP contribution in [0.25, 0.3) is 0 Å². The number of benzene rings is 1. The van der Waals surface area contributed by atoms with Gasteiger partial charge in [-0.05, 0) is 40.5 Å². The predicted molar refractivity (Wildman–Crippen MR) is 96.3 cm³/mol. The summed E-state index contributed by atoms with van der Waals surface area (Å²) in [6.45, 7) is 5.67. The Hall–Kier alpha value is -0.890. The minimum Gasteiger partial charge on any atom is -0.483 e. The highest BCUT2D eigenvalue weighted by Gasteiger charge is 2.30. The second kappa shape index (κ2) is 8.99. The van der Waals surface area contributed by atoms with E-state index in [9.17, 15) is 9.18 Å². The highest BCUT2D eigenvalue weighted by Crippen LogP contribution is 2.25. The fourth-order valence-electron chi connectivity index (χ4n) is 3.14. The van der Waals surface area contributed by atoms with E-state index in [-0.39, 0.29) is 30.7 Å². The summed E-state index contributed by atoms with van der Waals surface area (Å²) >= 11 is 3.24. The largest absolute Gasteiger partial charge is 0.483 e. The van der Waals surface area contributed by atoms with Crippen LogP contribution in [0, 0.1) is 5.82 Å². The van der Waals surface area contributed by atoms with Gasteiger partial charge in [-0.1, -0.05) is 0 Å². The summed E-state index contributed by atoms with van der Waals surface area (Å²) in [6.07, 6.45) is 1.02. The lowest BCUT2D eigenvalue weighted by Crippen LogP contribution is -2.49. The number of rotatable bonds is 4. The Kier molecular flexibility index (Phi) is 7.28. The molecule has 1 amide bonds. The molecule has 5 nitrogen and oxygen atoms in total. The molecule has 0 bridgehead atoms. The van der Waals surface area contributed by atoms with Crippen LogP contribution < -0.4 is 10.1 Å². The van der Waals surface area contributed by atoms with Crippen LogP contribution in [-0.2, 0) is 4.79 Å². The molecule has 0 aromatic heterocycles. The van der Waals surface area contributed by atoms with Crippen molar-refractivity contribution in [2.75, 3.05) is 45.9 Å². The molecule has 2 saturated heterocycles. The predicted octanol–water partition coefficient (Wildman–Crippen LogP) is 1.89. The zero-order chi connectivity index (χ0) is 16.2. The lowest BCUT2D eigenvalue weighted by Gasteiger charge is -2.32. The van der Waals surface area contributed by atoms with Crippen LogP contribution in [0.15, 0.2) is 22.7 Å². The molecule has 2 heterocycles. The minimum atomic E-state index is -0.339. The standard InChI is InChI=1S/C16H21BrFN3O2.ClH/c17-14-9-12(18)1-2-15(14)23-11-16(22)21-6-3-13(10-21)20-7-4-19-5-8-20;/h1-2,9,13,19H,3-8,10-11H2;1H. The van der Waals surface area contributed by atoms with Gasteiger partial charge in [0.25, 0.3) is 5.91 Å². The lowest BCUT2D eigenvalue weighted by molar-refractivity contribution is -0.132. The maximum absolute atomic E-state index is 13.0. The number of nitrogens with zero attached hydrogens (tertiary/aromatic N) is 2. The zero-order valence-corrected chi connectivity index (χ0v) is 15.7. The molecule has 0 radical (unpaired) electrons. The Labute approximate surface area is 156 Å². The Morgan fingerprint density at radius 1 is 1.33 bits per heavy atom. The number of ether oxygens (including phenoxy) is 1. The number of carbonyl (C=O) groups is 1. The third kappa shape index (κ3) is 4.81. The Morgan fingerprint density at radius 2 is 2.08 bits per heavy atom. The summed E-state index contributed by atoms with van der Waals surface area (Å²) in [5.74, 6) is 0.130. The Balaban J connectivity index is 0.00000208. The summed E-state index contributed by atoms with van der Waals surface area (Å²) in [5, 5.41) is 3.35. The van der Waals surface area contributed by atoms with Crippen molar-refractivity contribution in [2.24, 2.45) is 0 Å². The molecular weight excluding hydrogens is 401 g/mol. The van der Waals surface area contributed by atoms with Crippen molar-refractivity contribution in [1.29, 1.82) is 0 Å². The van der Waals surface area contributed by atoms with E-state index in [1.165, 1.54) is 18.2 Å². The van der Waals surface area contributed by atoms with Gasteiger partial charge in [0, 0.05) is 45.3 Å². The quantitative estimate of drug-likeness (QED) is 0.805. The van der Waals surface area contributed by atoms with Crippen molar-refractivity contribution in [2.45, 2.75) is 12.5 Å². The topological polar surface area (TPSA) is 44.8 Å². The van der Waals surface area contributed by atoms with Crippen LogP contribution in [-0.4, -0.2) is 67.6 Å². The second-order valence-corrected chi connectivity index (χ2v) is 6.79. The van der Waals surface area contributed by atoms with Gasteiger partial charge in [0.1, 0.15) is 11.6 Å². The molecule has 1 atom stereocenters. The van der Waals surface area contributed by atoms with Gasteiger partial charge in [-0.3, -0.25) is 9.69 Å². The summed E-state index contributed by atoms with van der Waals surface area (Å²) in [5.41, 5.74) is 0. The van der Waals surface area contributed by atoms with Gasteiger partial charge in [-0.15, -0.1) is 12.4 Å². The SMILES string of the molecule is Cl.O=C(COc1ccc(F)cc1Br)N1CCC(N2CCNCC2)C1. The van der Waals surface area contributed by atoms with Crippen molar-refractivity contribution in [3.05, 3.63) is 28.5 Å². The highest BCUT2D eigenvalue weighted by molar-refractivity contribution is 9.10. The summed E-state index contributed by atoms with van der Waals surface area (Å²) in [4.78, 5) is 16.6. The second-order valence-electron chi connectivity index (χ2n) is 5.93. The first-order valence-electron chi connectivity index (χ1n) is 7.94. The molecule has 0 saturated carbocycles. The van der Waals surface area contributed by atoms with Gasteiger partial charge in [0.05, 0.1) is 4.47 Å². The molecule has 1 aromatic rings. The average Bonchev–Trinajstić information content (AvgIpc) is 3.05. The molecule has 2 aliphatic rings. The van der Waals surface area contributed by atoms with Crippen LogP contribution in [0.1, 0.15) is 6.42 Å². The van der Waals surface area contributed by atoms with Crippen molar-refractivity contribution >= 4 is 34.2 Å². The highest BCUT2D eigenvalue weighted by atomic mass is 79.9. The van der Waals surface area contributed by atoms with E-state index >= 15 is 0 Å². The number of likely N-dealkylation sites (tertiary alicyclic amines) is 1. The number of piperazine rings is 1. The van der Waals surface area contributed by atoms with Gasteiger partial charge in [0.15, 0.2) is 6.61 Å². The van der Waals surface area contributed by atoms with Gasteiger partial charge < -0.3 is 15.0 Å². The normalized spacial score (nSPS) is 21.4. The molecule has 2 aliphatic heterocycles. The van der Waals surface area contributed by atoms with Crippen LogP contribution in [0.3, 0.4) is 0 Å². The molecular formula is C16H22BrClFN3O2. The van der Waals surface area contributed by atoms with E-state index in [1.54, 1.807) is 0 Å². The molecule has 24 heavy (non-hydrogen) atoms. The van der Waals surface area contributed by atoms with Gasteiger partial charge >= 0.3 is 0 Å². The van der Waals surface area contributed by atoms with Gasteiger partial charge in [0.2, 0.25) is 0 Å². The first-order valence-corrected chi connectivity index (χ1v) is 8.73. The molecule has 134 valence electrons. The van der Waals surface area contributed by atoms with Gasteiger partial charge in [-0.2, -0.15) is 0 Å². The molecule has 0 spiro atoms. The maximum Gasteiger partial charge on any atom is 0.260 e. The first kappa shape index (κ1) is 19.4. The molecule has 3 rings (SSSR count). The van der Waals surface area contributed by atoms with E-state index < -0.39 is 0 Å². The molecule has 0 aliphatic carbocycles. The number of nitrogens with one attached hydrogen (secondary N) is 1. The van der Waals surface area contributed by atoms with Crippen molar-refractivity contribution in [3.8, 4) is 5.75 Å². The number of hydrogen-bond acceptors (Lipinski definition) is 4. The number of hydrogen-bond donors (Lipinski definition) is 1. The fourth-order valence-corrected chi connectivity index (χ4v) is 3.60. The third-order valence-corrected chi connectivity index (χ3v) is 5.05. The van der Waals surface area contributed by atoms with E-state index in [1.807, 2.05) is 4.90 Å². The molecule has 1 aromatic carbocycles. The number of halogens is 3. The zero-order valence-electron chi connectivity index (χ0n) is 13.3. The summed E-state index contributed by atoms with van der Waals surface area (Å²) in [7, 11) is 0. The third-order valence-electron chi connectivity index (χ3n) is 4.43. The minimum absolute atomic E-state index is 0. The van der Waals surface area contributed by atoms with E-state index in [2.05, 4.69) is 26.1 Å². The molecule has 1 unspecified atom stereocenters. The molecule has 8 heteroatoms. The fraction of sp³-hybridized carbons (Fsp3) is 0.562. The molecule has 1 N–H and O–H groups in total. The Bertz CT molecular complexity index is 572. The molecule has 2 fully saturated rings. The van der Waals surface area contributed by atoms with Gasteiger partial charge in [-0.25, -0.2) is 4.39 Å². The first-order chi connectivity index (χ1) is 11.1. The van der Waals surface area contributed by atoms with E-state index in [0.29, 0.717) is 16.3 Å². The summed E-state index contributed by atoms with van der Waals surface area (Å²) in [6, 6.07) is 4.63. The lowest BCUT2D eigenvalue weighted by atomic mass is 10.2. The van der Waals surface area contributed by atoms with Crippen molar-refractivity contribution < 1.29 is 13.9 Å². The summed E-state index contributed by atoms with van der Waals surface area (Å²) < 4.78 is 19.1. The van der Waals surface area contributed by atoms with E-state index in [4.69, 9.17) is 4.74 Å². The Morgan fingerprint density at radius 3 is 2.79 bits per heavy atom. The van der Waals surface area contributed by atoms with Crippen LogP contribution >= 0.6 is 28.3 Å². The monoisotopic (exact) mass is 421 g/mol. The smallest absolute Gasteiger partial charge is 0.260 e. The maximum atomic E-state index is 13.0. The average molecular weight is 423 g/mol. The number of carbonyl (C=O) groups excluding carboxylic acids is 1.